The third-order valence-corrected chi connectivity index (χ3v) is 4.73. The van der Waals surface area contributed by atoms with Crippen LogP contribution in [-0.4, -0.2) is 13.2 Å². The normalized spacial score (nSPS) is 24.6. The van der Waals surface area contributed by atoms with E-state index in [2.05, 4.69) is 41.5 Å². The Morgan fingerprint density at radius 2 is 1.21 bits per heavy atom. The first-order valence-electron chi connectivity index (χ1n) is 7.79. The summed E-state index contributed by atoms with van der Waals surface area (Å²) in [5, 5.41) is 0. The summed E-state index contributed by atoms with van der Waals surface area (Å²) in [4.78, 5) is 0. The monoisotopic (exact) mass is 270 g/mol. The van der Waals surface area contributed by atoms with Crippen molar-refractivity contribution >= 4 is 0 Å². The van der Waals surface area contributed by atoms with E-state index in [9.17, 15) is 0 Å². The van der Waals surface area contributed by atoms with Crippen molar-refractivity contribution < 1.29 is 4.74 Å². The molecule has 2 aliphatic rings. The maximum Gasteiger partial charge on any atom is 0.0500 e. The summed E-state index contributed by atoms with van der Waals surface area (Å²) in [6, 6.07) is 0. The molecule has 0 amide bonds. The molecular formula is C18H38O. The molecule has 1 aliphatic carbocycles. The van der Waals surface area contributed by atoms with Gasteiger partial charge in [0.15, 0.2) is 0 Å². The quantitative estimate of drug-likeness (QED) is 0.530. The molecule has 0 radical (unpaired) electrons. The molecule has 0 aromatic carbocycles. The number of rotatable bonds is 0. The summed E-state index contributed by atoms with van der Waals surface area (Å²) in [7, 11) is 0. The summed E-state index contributed by atoms with van der Waals surface area (Å²) >= 11 is 0. The largest absolute Gasteiger partial charge is 0.381 e. The van der Waals surface area contributed by atoms with Crippen LogP contribution in [0.3, 0.4) is 0 Å². The summed E-state index contributed by atoms with van der Waals surface area (Å²) < 4.78 is 5.28. The van der Waals surface area contributed by atoms with Gasteiger partial charge in [0.25, 0.3) is 0 Å². The molecule has 116 valence electrons. The second-order valence-electron chi connectivity index (χ2n) is 8.27. The van der Waals surface area contributed by atoms with Gasteiger partial charge in [-0.05, 0) is 41.9 Å². The van der Waals surface area contributed by atoms with E-state index in [1.54, 1.807) is 0 Å². The van der Waals surface area contributed by atoms with Crippen LogP contribution in [0.15, 0.2) is 0 Å². The predicted molar refractivity (Wildman–Crippen MR) is 86.5 cm³/mol. The lowest BCUT2D eigenvalue weighted by molar-refractivity contribution is 0.152. The average molecular weight is 271 g/mol. The van der Waals surface area contributed by atoms with Gasteiger partial charge in [-0.15, -0.1) is 0 Å². The highest BCUT2D eigenvalue weighted by Crippen LogP contribution is 2.38. The lowest BCUT2D eigenvalue weighted by atomic mass is 9.80. The number of ether oxygens (including phenoxy) is 1. The minimum atomic E-state index is 0. The van der Waals surface area contributed by atoms with E-state index < -0.39 is 0 Å². The predicted octanol–water partition coefficient (Wildman–Crippen LogP) is 5.93. The number of hydrogen-bond acceptors (Lipinski definition) is 1. The van der Waals surface area contributed by atoms with Gasteiger partial charge >= 0.3 is 0 Å². The zero-order valence-corrected chi connectivity index (χ0v) is 13.5. The van der Waals surface area contributed by atoms with E-state index in [1.165, 1.54) is 32.1 Å². The molecule has 0 aromatic rings. The molecule has 1 unspecified atom stereocenters. The van der Waals surface area contributed by atoms with E-state index >= 15 is 0 Å². The molecule has 2 fully saturated rings. The maximum absolute atomic E-state index is 5.28. The third-order valence-electron chi connectivity index (χ3n) is 4.73. The zero-order chi connectivity index (χ0) is 13.8. The lowest BCUT2D eigenvalue weighted by Crippen LogP contribution is -2.19. The Morgan fingerprint density at radius 1 is 0.737 bits per heavy atom. The van der Waals surface area contributed by atoms with Crippen LogP contribution in [0.2, 0.25) is 0 Å². The summed E-state index contributed by atoms with van der Waals surface area (Å²) in [5.74, 6) is 1.80. The molecular weight excluding hydrogens is 232 g/mol. The van der Waals surface area contributed by atoms with Gasteiger partial charge in [0.2, 0.25) is 0 Å². The van der Waals surface area contributed by atoms with Crippen LogP contribution in [0.25, 0.3) is 0 Å². The van der Waals surface area contributed by atoms with Crippen LogP contribution in [0.4, 0.5) is 0 Å². The van der Waals surface area contributed by atoms with E-state index in [1.807, 2.05) is 0 Å². The highest BCUT2D eigenvalue weighted by molar-refractivity contribution is 4.78. The van der Waals surface area contributed by atoms with E-state index in [0.29, 0.717) is 10.8 Å². The molecule has 0 aromatic heterocycles. The highest BCUT2D eigenvalue weighted by atomic mass is 16.5. The Kier molecular flexibility index (Phi) is 7.65. The Hall–Kier alpha value is -0.0400. The second kappa shape index (κ2) is 7.67. The van der Waals surface area contributed by atoms with Crippen molar-refractivity contribution in [3.8, 4) is 0 Å². The molecule has 1 saturated carbocycles. The van der Waals surface area contributed by atoms with Crippen LogP contribution in [0.5, 0.6) is 0 Å². The van der Waals surface area contributed by atoms with Crippen LogP contribution in [-0.2, 0) is 4.74 Å². The third kappa shape index (κ3) is 6.79. The van der Waals surface area contributed by atoms with Gasteiger partial charge in [0.1, 0.15) is 0 Å². The van der Waals surface area contributed by atoms with Crippen LogP contribution in [0.1, 0.15) is 81.1 Å². The first kappa shape index (κ1) is 19.0. The fourth-order valence-electron chi connectivity index (χ4n) is 3.01. The summed E-state index contributed by atoms with van der Waals surface area (Å²) in [6.45, 7) is 15.9. The van der Waals surface area contributed by atoms with Crippen LogP contribution >= 0.6 is 0 Å². The van der Waals surface area contributed by atoms with E-state index in [-0.39, 0.29) is 7.43 Å². The van der Waals surface area contributed by atoms with Gasteiger partial charge in [-0.2, -0.15) is 0 Å². The minimum Gasteiger partial charge on any atom is -0.381 e. The SMILES string of the molecule is C.CC(C)(C)C1CCCC1.CC(C)(C)C1CCOC1. The zero-order valence-electron chi connectivity index (χ0n) is 13.5. The van der Waals surface area contributed by atoms with Gasteiger partial charge in [-0.25, -0.2) is 0 Å². The van der Waals surface area contributed by atoms with E-state index in [4.69, 9.17) is 4.74 Å². The first-order valence-corrected chi connectivity index (χ1v) is 7.79. The molecule has 1 heteroatoms. The second-order valence-corrected chi connectivity index (χ2v) is 8.27. The highest BCUT2D eigenvalue weighted by Gasteiger charge is 2.28. The van der Waals surface area contributed by atoms with Gasteiger partial charge in [0.05, 0.1) is 0 Å². The van der Waals surface area contributed by atoms with Gasteiger partial charge in [-0.3, -0.25) is 0 Å². The molecule has 0 spiro atoms. The van der Waals surface area contributed by atoms with Crippen molar-refractivity contribution in [1.82, 2.24) is 0 Å². The Morgan fingerprint density at radius 3 is 1.42 bits per heavy atom. The molecule has 1 aliphatic heterocycles. The average Bonchev–Trinajstić information content (AvgIpc) is 2.91. The summed E-state index contributed by atoms with van der Waals surface area (Å²) in [6.07, 6.45) is 7.15. The standard InChI is InChI=1S/C9H18.C8H16O.CH4/c1-9(2,3)8-6-4-5-7-8;1-8(2,3)7-4-5-9-6-7;/h8H,4-7H2,1-3H3;7H,4-6H2,1-3H3;1H4. The summed E-state index contributed by atoms with van der Waals surface area (Å²) in [5.41, 5.74) is 1.03. The van der Waals surface area contributed by atoms with Crippen molar-refractivity contribution in [2.75, 3.05) is 13.2 Å². The minimum absolute atomic E-state index is 0. The fourth-order valence-corrected chi connectivity index (χ4v) is 3.01. The van der Waals surface area contributed by atoms with E-state index in [0.717, 1.165) is 25.0 Å². The van der Waals surface area contributed by atoms with Crippen LogP contribution < -0.4 is 0 Å². The molecule has 0 bridgehead atoms. The molecule has 0 N–H and O–H groups in total. The molecule has 1 saturated heterocycles. The first-order chi connectivity index (χ1) is 8.21. The Bertz CT molecular complexity index is 193. The maximum atomic E-state index is 5.28. The van der Waals surface area contributed by atoms with Crippen molar-refractivity contribution in [1.29, 1.82) is 0 Å². The molecule has 19 heavy (non-hydrogen) atoms. The molecule has 1 heterocycles. The number of hydrogen-bond donors (Lipinski definition) is 0. The van der Waals surface area contributed by atoms with Gasteiger partial charge in [0, 0.05) is 13.2 Å². The molecule has 1 atom stereocenters. The smallest absolute Gasteiger partial charge is 0.0500 e. The topological polar surface area (TPSA) is 9.23 Å². The van der Waals surface area contributed by atoms with Crippen LogP contribution in [0, 0.1) is 22.7 Å². The Labute approximate surface area is 122 Å². The Balaban J connectivity index is 0.000000324. The van der Waals surface area contributed by atoms with Gasteiger partial charge in [-0.1, -0.05) is 61.8 Å². The fraction of sp³-hybridized carbons (Fsp3) is 1.00. The van der Waals surface area contributed by atoms with Crippen molar-refractivity contribution in [2.45, 2.75) is 81.1 Å². The molecule has 1 nitrogen and oxygen atoms in total. The van der Waals surface area contributed by atoms with Crippen molar-refractivity contribution in [3.63, 3.8) is 0 Å². The van der Waals surface area contributed by atoms with Crippen molar-refractivity contribution in [3.05, 3.63) is 0 Å². The molecule has 2 rings (SSSR count). The lowest BCUT2D eigenvalue weighted by Gasteiger charge is -2.26. The van der Waals surface area contributed by atoms with Crippen molar-refractivity contribution in [2.24, 2.45) is 22.7 Å². The van der Waals surface area contributed by atoms with Gasteiger partial charge < -0.3 is 4.74 Å².